The molecular weight excluding hydrogens is 439 g/mol. The van der Waals surface area contributed by atoms with E-state index in [0.29, 0.717) is 26.8 Å². The lowest BCUT2D eigenvalue weighted by Crippen LogP contribution is -2.50. The van der Waals surface area contributed by atoms with Crippen molar-refractivity contribution in [2.45, 2.75) is 78.2 Å². The number of nitrogens with zero attached hydrogens (tertiary/aromatic N) is 1. The summed E-state index contributed by atoms with van der Waals surface area (Å²) in [7, 11) is 0. The Morgan fingerprint density at radius 1 is 1.09 bits per heavy atom. The number of aliphatic hydroxyl groups excluding tert-OH is 1. The first-order valence-electron chi connectivity index (χ1n) is 12.3. The highest BCUT2D eigenvalue weighted by atomic mass is 35.5. The molecule has 7 unspecified atom stereocenters. The minimum absolute atomic E-state index is 0.130. The number of rotatable bonds is 3. The van der Waals surface area contributed by atoms with E-state index in [-0.39, 0.29) is 6.10 Å². The molecule has 7 atom stereocenters. The molecule has 1 aromatic carbocycles. The van der Waals surface area contributed by atoms with Crippen LogP contribution in [0.15, 0.2) is 34.9 Å². The maximum atomic E-state index is 10.2. The Morgan fingerprint density at radius 2 is 1.91 bits per heavy atom. The van der Waals surface area contributed by atoms with Crippen LogP contribution in [0.3, 0.4) is 0 Å². The van der Waals surface area contributed by atoms with Gasteiger partial charge in [0.2, 0.25) is 0 Å². The molecule has 3 nitrogen and oxygen atoms in total. The van der Waals surface area contributed by atoms with Gasteiger partial charge in [-0.3, -0.25) is 5.43 Å². The molecule has 32 heavy (non-hydrogen) atoms. The standard InChI is InChI=1S/C27H36Cl2N2O/c1-16(30-31-25-15-18(28)5-9-24(25)29)21-7-8-22-20-6-4-17-14-19(32)10-12-26(17,2)23(20)11-13-27(21,22)3/h4-5,9,15,19-23,31-32H,6-8,10-14H2,1-3H3/b30-16+. The molecule has 5 rings (SSSR count). The zero-order chi connectivity index (χ0) is 22.7. The first-order valence-corrected chi connectivity index (χ1v) is 13.1. The molecule has 4 aliphatic rings. The fourth-order valence-corrected chi connectivity index (χ4v) is 8.47. The van der Waals surface area contributed by atoms with Crippen molar-refractivity contribution in [3.8, 4) is 0 Å². The number of halogens is 2. The molecule has 1 aromatic rings. The Hall–Kier alpha value is -1.03. The van der Waals surface area contributed by atoms with Crippen LogP contribution in [0.25, 0.3) is 0 Å². The highest BCUT2D eigenvalue weighted by Gasteiger charge is 2.58. The van der Waals surface area contributed by atoms with Crippen molar-refractivity contribution in [2.75, 3.05) is 5.43 Å². The predicted molar refractivity (Wildman–Crippen MR) is 134 cm³/mol. The van der Waals surface area contributed by atoms with Gasteiger partial charge in [0.25, 0.3) is 0 Å². The molecule has 0 aliphatic heterocycles. The maximum absolute atomic E-state index is 10.2. The first kappa shape index (κ1) is 22.7. The molecule has 3 fully saturated rings. The van der Waals surface area contributed by atoms with E-state index in [1.807, 2.05) is 6.07 Å². The largest absolute Gasteiger partial charge is 0.393 e. The number of fused-ring (bicyclic) bond motifs is 5. The minimum Gasteiger partial charge on any atom is -0.393 e. The van der Waals surface area contributed by atoms with Crippen molar-refractivity contribution >= 4 is 34.6 Å². The summed E-state index contributed by atoms with van der Waals surface area (Å²) >= 11 is 12.5. The van der Waals surface area contributed by atoms with Crippen molar-refractivity contribution < 1.29 is 5.11 Å². The maximum Gasteiger partial charge on any atom is 0.0762 e. The fourth-order valence-electron chi connectivity index (χ4n) is 8.14. The molecule has 0 amide bonds. The summed E-state index contributed by atoms with van der Waals surface area (Å²) in [5.41, 5.74) is 7.30. The number of nitrogens with one attached hydrogen (secondary N) is 1. The van der Waals surface area contributed by atoms with Gasteiger partial charge in [0.1, 0.15) is 0 Å². The van der Waals surface area contributed by atoms with Crippen molar-refractivity contribution in [1.82, 2.24) is 0 Å². The number of anilines is 1. The van der Waals surface area contributed by atoms with Crippen LogP contribution in [0.4, 0.5) is 5.69 Å². The normalized spacial score (nSPS) is 41.4. The van der Waals surface area contributed by atoms with Gasteiger partial charge < -0.3 is 5.11 Å². The van der Waals surface area contributed by atoms with E-state index >= 15 is 0 Å². The van der Waals surface area contributed by atoms with Gasteiger partial charge in [0, 0.05) is 16.7 Å². The van der Waals surface area contributed by atoms with E-state index in [1.165, 1.54) is 37.8 Å². The fraction of sp³-hybridized carbons (Fsp3) is 0.667. The Balaban J connectivity index is 1.36. The molecule has 0 aromatic heterocycles. The van der Waals surface area contributed by atoms with E-state index in [2.05, 4.69) is 32.3 Å². The van der Waals surface area contributed by atoms with Gasteiger partial charge in [-0.2, -0.15) is 5.10 Å². The number of aliphatic hydroxyl groups is 1. The summed E-state index contributed by atoms with van der Waals surface area (Å²) in [6.07, 6.45) is 11.7. The zero-order valence-corrected chi connectivity index (χ0v) is 21.0. The summed E-state index contributed by atoms with van der Waals surface area (Å²) in [6, 6.07) is 5.43. The van der Waals surface area contributed by atoms with Crippen LogP contribution in [-0.2, 0) is 0 Å². The lowest BCUT2D eigenvalue weighted by atomic mass is 9.47. The second-order valence-corrected chi connectivity index (χ2v) is 12.2. The van der Waals surface area contributed by atoms with Crippen molar-refractivity contribution in [3.05, 3.63) is 39.9 Å². The van der Waals surface area contributed by atoms with Crippen molar-refractivity contribution in [3.63, 3.8) is 0 Å². The highest BCUT2D eigenvalue weighted by Crippen LogP contribution is 2.66. The number of allylic oxidation sites excluding steroid dienone is 1. The number of hydrogen-bond acceptors (Lipinski definition) is 3. The van der Waals surface area contributed by atoms with E-state index in [9.17, 15) is 5.11 Å². The van der Waals surface area contributed by atoms with Crippen LogP contribution in [0.2, 0.25) is 10.0 Å². The van der Waals surface area contributed by atoms with Crippen molar-refractivity contribution in [1.29, 1.82) is 0 Å². The Kier molecular flexibility index (Phi) is 5.92. The van der Waals surface area contributed by atoms with Crippen LogP contribution in [0, 0.1) is 34.5 Å². The van der Waals surface area contributed by atoms with Crippen LogP contribution in [0.5, 0.6) is 0 Å². The Morgan fingerprint density at radius 3 is 2.72 bits per heavy atom. The molecule has 5 heteroatoms. The van der Waals surface area contributed by atoms with Gasteiger partial charge in [0.15, 0.2) is 0 Å². The lowest BCUT2D eigenvalue weighted by molar-refractivity contribution is -0.0423. The summed E-state index contributed by atoms with van der Waals surface area (Å²) in [5, 5.41) is 16.3. The molecule has 4 aliphatic carbocycles. The van der Waals surface area contributed by atoms with Gasteiger partial charge >= 0.3 is 0 Å². The van der Waals surface area contributed by atoms with Gasteiger partial charge in [-0.05, 0) is 105 Å². The third kappa shape index (κ3) is 3.63. The van der Waals surface area contributed by atoms with Crippen LogP contribution < -0.4 is 5.43 Å². The van der Waals surface area contributed by atoms with Crippen LogP contribution in [0.1, 0.15) is 72.1 Å². The molecule has 0 heterocycles. The first-order chi connectivity index (χ1) is 15.2. The van der Waals surface area contributed by atoms with E-state index < -0.39 is 0 Å². The minimum atomic E-state index is -0.130. The zero-order valence-electron chi connectivity index (χ0n) is 19.5. The van der Waals surface area contributed by atoms with E-state index in [1.54, 1.807) is 17.7 Å². The highest BCUT2D eigenvalue weighted by molar-refractivity contribution is 6.35. The SMILES string of the molecule is C/C(=N\Nc1cc(Cl)ccc1Cl)C1CCC2C3CC=C4CC(O)CCC4(C)C3CCC12C. The van der Waals surface area contributed by atoms with Gasteiger partial charge in [0.05, 0.1) is 16.8 Å². The van der Waals surface area contributed by atoms with Crippen molar-refractivity contribution in [2.24, 2.45) is 39.6 Å². The quantitative estimate of drug-likeness (QED) is 0.267. The molecule has 2 N–H and O–H groups in total. The third-order valence-corrected chi connectivity index (χ3v) is 10.4. The molecule has 0 bridgehead atoms. The monoisotopic (exact) mass is 474 g/mol. The van der Waals surface area contributed by atoms with E-state index in [4.69, 9.17) is 28.3 Å². The lowest BCUT2D eigenvalue weighted by Gasteiger charge is -2.58. The molecule has 0 spiro atoms. The molecule has 174 valence electrons. The smallest absolute Gasteiger partial charge is 0.0762 e. The van der Waals surface area contributed by atoms with Gasteiger partial charge in [-0.25, -0.2) is 0 Å². The average molecular weight is 476 g/mol. The summed E-state index contributed by atoms with van der Waals surface area (Å²) in [4.78, 5) is 0. The average Bonchev–Trinajstić information content (AvgIpc) is 3.12. The molecule has 0 radical (unpaired) electrons. The van der Waals surface area contributed by atoms with Gasteiger partial charge in [-0.1, -0.05) is 48.7 Å². The third-order valence-electron chi connectivity index (χ3n) is 9.86. The molecule has 0 saturated heterocycles. The summed E-state index contributed by atoms with van der Waals surface area (Å²) < 4.78 is 0. The summed E-state index contributed by atoms with van der Waals surface area (Å²) in [5.74, 6) is 2.80. The Labute approximate surface area is 202 Å². The Bertz CT molecular complexity index is 959. The van der Waals surface area contributed by atoms with Crippen LogP contribution in [-0.4, -0.2) is 16.9 Å². The van der Waals surface area contributed by atoms with E-state index in [0.717, 1.165) is 42.7 Å². The van der Waals surface area contributed by atoms with Crippen LogP contribution >= 0.6 is 23.2 Å². The topological polar surface area (TPSA) is 44.6 Å². The number of benzene rings is 1. The second kappa shape index (κ2) is 8.32. The van der Waals surface area contributed by atoms with Gasteiger partial charge in [-0.15, -0.1) is 0 Å². The molecular formula is C27H36Cl2N2O. The molecule has 3 saturated carbocycles. The number of hydrogen-bond donors (Lipinski definition) is 2. The summed E-state index contributed by atoms with van der Waals surface area (Å²) in [6.45, 7) is 7.21. The second-order valence-electron chi connectivity index (χ2n) is 11.3. The predicted octanol–water partition coefficient (Wildman–Crippen LogP) is 7.72. The number of hydrazone groups is 1.